The second kappa shape index (κ2) is 6.48. The first-order valence-electron chi connectivity index (χ1n) is 7.43. The lowest BCUT2D eigenvalue weighted by Crippen LogP contribution is -2.17. The monoisotopic (exact) mass is 356 g/mol. The highest BCUT2D eigenvalue weighted by atomic mass is 32.1. The van der Waals surface area contributed by atoms with Gasteiger partial charge in [-0.2, -0.15) is 0 Å². The fraction of sp³-hybridized carbons (Fsp3) is 0.176. The van der Waals surface area contributed by atoms with Gasteiger partial charge in [-0.1, -0.05) is 6.07 Å². The lowest BCUT2D eigenvalue weighted by atomic mass is 10.1. The Morgan fingerprint density at radius 1 is 1.28 bits per heavy atom. The summed E-state index contributed by atoms with van der Waals surface area (Å²) < 4.78 is 5.24. The van der Waals surface area contributed by atoms with Crippen molar-refractivity contribution in [2.45, 2.75) is 13.8 Å². The summed E-state index contributed by atoms with van der Waals surface area (Å²) in [6.45, 7) is 3.57. The number of aromatic nitrogens is 2. The number of carbonyl (C=O) groups is 2. The third-order valence-electron chi connectivity index (χ3n) is 3.73. The number of hydrogen-bond donors (Lipinski definition) is 2. The molecule has 25 heavy (non-hydrogen) atoms. The first-order chi connectivity index (χ1) is 11.9. The molecule has 7 nitrogen and oxygen atoms in total. The van der Waals surface area contributed by atoms with Gasteiger partial charge in [0.2, 0.25) is 0 Å². The summed E-state index contributed by atoms with van der Waals surface area (Å²) in [4.78, 5) is 33.9. The van der Waals surface area contributed by atoms with Gasteiger partial charge in [-0.05, 0) is 26.0 Å². The summed E-state index contributed by atoms with van der Waals surface area (Å²) in [6, 6.07) is 5.18. The van der Waals surface area contributed by atoms with Crippen LogP contribution in [0.25, 0.3) is 10.3 Å². The number of amides is 2. The molecular weight excluding hydrogens is 340 g/mol. The number of benzene rings is 1. The largest absolute Gasteiger partial charge is 0.496 e. The average molecular weight is 356 g/mol. The van der Waals surface area contributed by atoms with Crippen molar-refractivity contribution in [2.24, 2.45) is 5.73 Å². The van der Waals surface area contributed by atoms with E-state index in [1.165, 1.54) is 0 Å². The van der Waals surface area contributed by atoms with Crippen molar-refractivity contribution in [3.05, 3.63) is 46.1 Å². The van der Waals surface area contributed by atoms with E-state index in [0.717, 1.165) is 11.3 Å². The van der Waals surface area contributed by atoms with E-state index < -0.39 is 5.91 Å². The number of fused-ring (bicyclic) bond motifs is 1. The van der Waals surface area contributed by atoms with Crippen LogP contribution in [0.15, 0.2) is 24.4 Å². The molecule has 0 radical (unpaired) electrons. The van der Waals surface area contributed by atoms with Crippen molar-refractivity contribution >= 4 is 39.2 Å². The van der Waals surface area contributed by atoms with Gasteiger partial charge in [0, 0.05) is 17.3 Å². The van der Waals surface area contributed by atoms with Gasteiger partial charge >= 0.3 is 0 Å². The molecule has 2 aromatic heterocycles. The molecule has 0 fully saturated rings. The zero-order valence-corrected chi connectivity index (χ0v) is 14.7. The fourth-order valence-electron chi connectivity index (χ4n) is 2.51. The van der Waals surface area contributed by atoms with Gasteiger partial charge in [0.05, 0.1) is 18.5 Å². The maximum Gasteiger partial charge on any atom is 0.261 e. The number of ether oxygens (including phenoxy) is 1. The maximum atomic E-state index is 12.7. The van der Waals surface area contributed by atoms with Crippen LogP contribution >= 0.6 is 11.3 Å². The number of aryl methyl sites for hydroxylation is 1. The molecule has 0 aliphatic heterocycles. The third kappa shape index (κ3) is 3.03. The van der Waals surface area contributed by atoms with E-state index >= 15 is 0 Å². The molecule has 0 spiro atoms. The van der Waals surface area contributed by atoms with Gasteiger partial charge in [0.25, 0.3) is 11.8 Å². The number of methoxy groups -OCH3 is 1. The quantitative estimate of drug-likeness (QED) is 0.747. The zero-order chi connectivity index (χ0) is 18.1. The summed E-state index contributed by atoms with van der Waals surface area (Å²) in [6.07, 6.45) is 1.60. The van der Waals surface area contributed by atoms with Crippen molar-refractivity contribution in [3.8, 4) is 5.75 Å². The number of anilines is 1. The highest BCUT2D eigenvalue weighted by Crippen LogP contribution is 2.34. The van der Waals surface area contributed by atoms with Gasteiger partial charge in [-0.3, -0.25) is 9.59 Å². The van der Waals surface area contributed by atoms with Crippen LogP contribution in [-0.4, -0.2) is 28.9 Å². The molecule has 8 heteroatoms. The van der Waals surface area contributed by atoms with Crippen LogP contribution in [0.2, 0.25) is 0 Å². The topological polar surface area (TPSA) is 107 Å². The Hall–Kier alpha value is -3.00. The molecule has 3 aromatic rings. The molecule has 128 valence electrons. The Labute approximate surface area is 147 Å². The molecule has 0 saturated carbocycles. The molecule has 2 amide bonds. The molecule has 0 aliphatic carbocycles. The number of primary amides is 1. The second-order valence-electron chi connectivity index (χ2n) is 5.42. The lowest BCUT2D eigenvalue weighted by molar-refractivity contribution is 0.100. The van der Waals surface area contributed by atoms with E-state index in [9.17, 15) is 9.59 Å². The molecule has 3 rings (SSSR count). The molecule has 0 aliphatic rings. The van der Waals surface area contributed by atoms with Gasteiger partial charge in [0.1, 0.15) is 21.0 Å². The SMILES string of the molecule is COc1cccc(C(=O)Nc2c(C(N)=O)sc3ncc(C)nc23)c1C. The Morgan fingerprint density at radius 3 is 2.72 bits per heavy atom. The number of nitrogens with zero attached hydrogens (tertiary/aromatic N) is 2. The van der Waals surface area contributed by atoms with E-state index in [4.69, 9.17) is 10.5 Å². The number of nitrogens with two attached hydrogens (primary N) is 1. The minimum atomic E-state index is -0.639. The third-order valence-corrected chi connectivity index (χ3v) is 4.83. The summed E-state index contributed by atoms with van der Waals surface area (Å²) >= 11 is 1.10. The average Bonchev–Trinajstić information content (AvgIpc) is 2.93. The summed E-state index contributed by atoms with van der Waals surface area (Å²) in [7, 11) is 1.54. The van der Waals surface area contributed by atoms with E-state index in [-0.39, 0.29) is 16.5 Å². The highest BCUT2D eigenvalue weighted by molar-refractivity contribution is 7.21. The predicted octanol–water partition coefficient (Wildman–Crippen LogP) is 2.67. The number of carbonyl (C=O) groups excluding carboxylic acids is 2. The zero-order valence-electron chi connectivity index (χ0n) is 13.9. The standard InChI is InChI=1S/C17H16N4O3S/c1-8-7-19-17-13(20-8)12(14(25-17)15(18)22)21-16(23)10-5-4-6-11(24-3)9(10)2/h4-7H,1-3H3,(H2,18,22)(H,21,23). The Balaban J connectivity index is 2.08. The second-order valence-corrected chi connectivity index (χ2v) is 6.42. The fourth-order valence-corrected chi connectivity index (χ4v) is 3.40. The van der Waals surface area contributed by atoms with Crippen molar-refractivity contribution in [2.75, 3.05) is 12.4 Å². The normalized spacial score (nSPS) is 10.7. The predicted molar refractivity (Wildman–Crippen MR) is 96.4 cm³/mol. The van der Waals surface area contributed by atoms with Crippen LogP contribution in [0.3, 0.4) is 0 Å². The molecule has 2 heterocycles. The Bertz CT molecular complexity index is 997. The summed E-state index contributed by atoms with van der Waals surface area (Å²) in [5.41, 5.74) is 8.00. The van der Waals surface area contributed by atoms with Crippen LogP contribution in [0.1, 0.15) is 31.3 Å². The van der Waals surface area contributed by atoms with Gasteiger partial charge in [-0.25, -0.2) is 9.97 Å². The first kappa shape index (κ1) is 16.8. The first-order valence-corrected chi connectivity index (χ1v) is 8.25. The van der Waals surface area contributed by atoms with Gasteiger partial charge in [0.15, 0.2) is 0 Å². The van der Waals surface area contributed by atoms with Crippen molar-refractivity contribution in [3.63, 3.8) is 0 Å². The smallest absolute Gasteiger partial charge is 0.261 e. The van der Waals surface area contributed by atoms with E-state index in [2.05, 4.69) is 15.3 Å². The minimum absolute atomic E-state index is 0.217. The highest BCUT2D eigenvalue weighted by Gasteiger charge is 2.22. The molecular formula is C17H16N4O3S. The summed E-state index contributed by atoms with van der Waals surface area (Å²) in [5, 5.41) is 2.76. The van der Waals surface area contributed by atoms with Crippen LogP contribution in [-0.2, 0) is 0 Å². The minimum Gasteiger partial charge on any atom is -0.496 e. The molecule has 0 atom stereocenters. The van der Waals surface area contributed by atoms with Crippen LogP contribution in [0.4, 0.5) is 5.69 Å². The van der Waals surface area contributed by atoms with Crippen LogP contribution < -0.4 is 15.8 Å². The number of nitrogens with one attached hydrogen (secondary N) is 1. The molecule has 0 saturated heterocycles. The van der Waals surface area contributed by atoms with Gasteiger partial charge in [-0.15, -0.1) is 11.3 Å². The number of hydrogen-bond acceptors (Lipinski definition) is 6. The van der Waals surface area contributed by atoms with E-state index in [0.29, 0.717) is 32.9 Å². The van der Waals surface area contributed by atoms with E-state index in [1.54, 1.807) is 45.4 Å². The van der Waals surface area contributed by atoms with E-state index in [1.807, 2.05) is 0 Å². The number of thiophene rings is 1. The van der Waals surface area contributed by atoms with Crippen LogP contribution in [0, 0.1) is 13.8 Å². The maximum absolute atomic E-state index is 12.7. The van der Waals surface area contributed by atoms with Crippen molar-refractivity contribution in [1.82, 2.24) is 9.97 Å². The van der Waals surface area contributed by atoms with Crippen molar-refractivity contribution in [1.29, 1.82) is 0 Å². The van der Waals surface area contributed by atoms with Gasteiger partial charge < -0.3 is 15.8 Å². The molecule has 0 bridgehead atoms. The van der Waals surface area contributed by atoms with Crippen LogP contribution in [0.5, 0.6) is 5.75 Å². The number of rotatable bonds is 4. The van der Waals surface area contributed by atoms with Crippen molar-refractivity contribution < 1.29 is 14.3 Å². The summed E-state index contributed by atoms with van der Waals surface area (Å²) in [5.74, 6) is -0.407. The lowest BCUT2D eigenvalue weighted by Gasteiger charge is -2.11. The molecule has 1 aromatic carbocycles. The Morgan fingerprint density at radius 2 is 2.04 bits per heavy atom. The molecule has 0 unspecified atom stereocenters. The molecule has 3 N–H and O–H groups in total. The Kier molecular flexibility index (Phi) is 4.37.